The molecule has 1 heterocycles. The number of carbonyl (C=O) groups excluding carboxylic acids is 4. The van der Waals surface area contributed by atoms with E-state index in [1.165, 1.54) is 19.1 Å². The summed E-state index contributed by atoms with van der Waals surface area (Å²) >= 11 is 0. The van der Waals surface area contributed by atoms with Crippen LogP contribution in [0.2, 0.25) is 0 Å². The van der Waals surface area contributed by atoms with Crippen LogP contribution in [0.1, 0.15) is 48.4 Å². The smallest absolute Gasteiger partial charge is 0.329 e. The van der Waals surface area contributed by atoms with E-state index in [0.717, 1.165) is 4.90 Å². The first-order valence-electron chi connectivity index (χ1n) is 7.56. The molecule has 1 aromatic rings. The van der Waals surface area contributed by atoms with Crippen molar-refractivity contribution in [3.8, 4) is 0 Å². The molecule has 1 atom stereocenters. The number of carbonyl (C=O) groups is 4. The van der Waals surface area contributed by atoms with Gasteiger partial charge in [0.2, 0.25) is 0 Å². The molecule has 0 aromatic heterocycles. The van der Waals surface area contributed by atoms with E-state index in [1.54, 1.807) is 32.9 Å². The van der Waals surface area contributed by atoms with Crippen LogP contribution in [0.25, 0.3) is 0 Å². The fourth-order valence-corrected chi connectivity index (χ4v) is 2.38. The van der Waals surface area contributed by atoms with Crippen molar-refractivity contribution in [3.05, 3.63) is 35.4 Å². The van der Waals surface area contributed by atoms with Gasteiger partial charge in [0.15, 0.2) is 6.61 Å². The van der Waals surface area contributed by atoms with Crippen molar-refractivity contribution in [2.45, 2.75) is 39.3 Å². The molecular weight excluding hydrogens is 312 g/mol. The maximum Gasteiger partial charge on any atom is 0.329 e. The summed E-state index contributed by atoms with van der Waals surface area (Å²) in [5.41, 5.74) is 0.0673. The van der Waals surface area contributed by atoms with Crippen molar-refractivity contribution in [2.75, 3.05) is 6.61 Å². The summed E-state index contributed by atoms with van der Waals surface area (Å²) in [6.07, 6.45) is 0. The van der Waals surface area contributed by atoms with E-state index in [0.29, 0.717) is 0 Å². The Hall–Kier alpha value is -2.70. The number of hydrogen-bond donors (Lipinski definition) is 1. The SMILES string of the molecule is C[C@H](C(=O)OCC(=O)NC(C)(C)C)N1C(=O)c2ccccc2C1=O. The number of amides is 3. The van der Waals surface area contributed by atoms with Gasteiger partial charge in [0.1, 0.15) is 6.04 Å². The van der Waals surface area contributed by atoms with Gasteiger partial charge in [0.05, 0.1) is 11.1 Å². The van der Waals surface area contributed by atoms with Gasteiger partial charge in [-0.2, -0.15) is 0 Å². The lowest BCUT2D eigenvalue weighted by atomic mass is 10.1. The van der Waals surface area contributed by atoms with Crippen molar-refractivity contribution in [1.82, 2.24) is 10.2 Å². The number of rotatable bonds is 4. The zero-order valence-corrected chi connectivity index (χ0v) is 14.1. The Morgan fingerprint density at radius 3 is 2.08 bits per heavy atom. The molecule has 0 saturated carbocycles. The largest absolute Gasteiger partial charge is 0.454 e. The monoisotopic (exact) mass is 332 g/mol. The van der Waals surface area contributed by atoms with Crippen molar-refractivity contribution in [2.24, 2.45) is 0 Å². The molecule has 7 nitrogen and oxygen atoms in total. The number of ether oxygens (including phenoxy) is 1. The summed E-state index contributed by atoms with van der Waals surface area (Å²) < 4.78 is 4.92. The van der Waals surface area contributed by atoms with Gasteiger partial charge in [-0.3, -0.25) is 19.3 Å². The zero-order valence-electron chi connectivity index (χ0n) is 14.1. The highest BCUT2D eigenvalue weighted by atomic mass is 16.5. The molecule has 128 valence electrons. The molecule has 1 aromatic carbocycles. The highest BCUT2D eigenvalue weighted by Gasteiger charge is 2.41. The third kappa shape index (κ3) is 3.61. The van der Waals surface area contributed by atoms with Crippen LogP contribution in [0.3, 0.4) is 0 Å². The van der Waals surface area contributed by atoms with Crippen LogP contribution in [-0.4, -0.2) is 46.8 Å². The predicted octanol–water partition coefficient (Wildman–Crippen LogP) is 1.13. The lowest BCUT2D eigenvalue weighted by Crippen LogP contribution is -2.46. The first-order valence-corrected chi connectivity index (χ1v) is 7.56. The van der Waals surface area contributed by atoms with Crippen LogP contribution in [0, 0.1) is 0 Å². The quantitative estimate of drug-likeness (QED) is 0.659. The fraction of sp³-hybridized carbons (Fsp3) is 0.412. The minimum Gasteiger partial charge on any atom is -0.454 e. The van der Waals surface area contributed by atoms with E-state index in [9.17, 15) is 19.2 Å². The summed E-state index contributed by atoms with van der Waals surface area (Å²) in [4.78, 5) is 49.2. The van der Waals surface area contributed by atoms with Gasteiger partial charge in [0.25, 0.3) is 17.7 Å². The van der Waals surface area contributed by atoms with E-state index < -0.39 is 41.9 Å². The molecule has 7 heteroatoms. The molecule has 0 saturated heterocycles. The maximum atomic E-state index is 12.3. The van der Waals surface area contributed by atoms with E-state index >= 15 is 0 Å². The van der Waals surface area contributed by atoms with Gasteiger partial charge in [-0.25, -0.2) is 4.79 Å². The number of fused-ring (bicyclic) bond motifs is 1. The number of nitrogens with one attached hydrogen (secondary N) is 1. The predicted molar refractivity (Wildman–Crippen MR) is 85.3 cm³/mol. The van der Waals surface area contributed by atoms with Crippen LogP contribution in [-0.2, 0) is 14.3 Å². The highest BCUT2D eigenvalue weighted by Crippen LogP contribution is 2.24. The Morgan fingerprint density at radius 2 is 1.62 bits per heavy atom. The molecule has 1 aliphatic heterocycles. The molecule has 0 radical (unpaired) electrons. The van der Waals surface area contributed by atoms with Crippen molar-refractivity contribution >= 4 is 23.7 Å². The Kier molecular flexibility index (Phi) is 4.73. The summed E-state index contributed by atoms with van der Waals surface area (Å²) in [5, 5.41) is 2.65. The number of imide groups is 1. The summed E-state index contributed by atoms with van der Waals surface area (Å²) in [6, 6.07) is 5.25. The molecule has 0 aliphatic carbocycles. The van der Waals surface area contributed by atoms with Crippen LogP contribution >= 0.6 is 0 Å². The second-order valence-electron chi connectivity index (χ2n) is 6.61. The third-order valence-electron chi connectivity index (χ3n) is 3.41. The molecule has 1 N–H and O–H groups in total. The first kappa shape index (κ1) is 17.7. The van der Waals surface area contributed by atoms with E-state index in [1.807, 2.05) is 0 Å². The van der Waals surface area contributed by atoms with Gasteiger partial charge in [-0.1, -0.05) is 12.1 Å². The lowest BCUT2D eigenvalue weighted by Gasteiger charge is -2.22. The Morgan fingerprint density at radius 1 is 1.12 bits per heavy atom. The topological polar surface area (TPSA) is 92.8 Å². The fourth-order valence-electron chi connectivity index (χ4n) is 2.38. The van der Waals surface area contributed by atoms with Crippen LogP contribution < -0.4 is 5.32 Å². The molecule has 2 rings (SSSR count). The van der Waals surface area contributed by atoms with Gasteiger partial charge in [-0.05, 0) is 39.8 Å². The number of nitrogens with zero attached hydrogens (tertiary/aromatic N) is 1. The summed E-state index contributed by atoms with van der Waals surface area (Å²) in [7, 11) is 0. The molecule has 3 amide bonds. The maximum absolute atomic E-state index is 12.3. The second-order valence-corrected chi connectivity index (χ2v) is 6.61. The third-order valence-corrected chi connectivity index (χ3v) is 3.41. The number of esters is 1. The van der Waals surface area contributed by atoms with Crippen molar-refractivity contribution in [3.63, 3.8) is 0 Å². The highest BCUT2D eigenvalue weighted by molar-refractivity contribution is 6.22. The van der Waals surface area contributed by atoms with E-state index in [2.05, 4.69) is 5.32 Å². The molecule has 1 aliphatic rings. The minimum absolute atomic E-state index is 0.257. The molecule has 0 spiro atoms. The van der Waals surface area contributed by atoms with E-state index in [-0.39, 0.29) is 11.1 Å². The molecule has 0 fully saturated rings. The second kappa shape index (κ2) is 6.43. The standard InChI is InChI=1S/C17H20N2O5/c1-10(16(23)24-9-13(20)18-17(2,3)4)19-14(21)11-7-5-6-8-12(11)15(19)22/h5-8,10H,9H2,1-4H3,(H,18,20)/t10-/m1/s1. The lowest BCUT2D eigenvalue weighted by molar-refractivity contribution is -0.152. The molecule has 0 bridgehead atoms. The summed E-state index contributed by atoms with van der Waals surface area (Å²) in [5.74, 6) is -2.35. The van der Waals surface area contributed by atoms with Gasteiger partial charge in [-0.15, -0.1) is 0 Å². The van der Waals surface area contributed by atoms with Crippen LogP contribution in [0.15, 0.2) is 24.3 Å². The van der Waals surface area contributed by atoms with E-state index in [4.69, 9.17) is 4.74 Å². The molecular formula is C17H20N2O5. The molecule has 0 unspecified atom stereocenters. The minimum atomic E-state index is -1.11. The summed E-state index contributed by atoms with van der Waals surface area (Å²) in [6.45, 7) is 6.33. The van der Waals surface area contributed by atoms with Crippen molar-refractivity contribution in [1.29, 1.82) is 0 Å². The molecule has 24 heavy (non-hydrogen) atoms. The van der Waals surface area contributed by atoms with Gasteiger partial charge in [0, 0.05) is 5.54 Å². The number of benzene rings is 1. The Balaban J connectivity index is 2.01. The average molecular weight is 332 g/mol. The number of hydrogen-bond acceptors (Lipinski definition) is 5. The van der Waals surface area contributed by atoms with Crippen LogP contribution in [0.5, 0.6) is 0 Å². The van der Waals surface area contributed by atoms with Gasteiger partial charge < -0.3 is 10.1 Å². The Labute approximate surface area is 140 Å². The zero-order chi connectivity index (χ0) is 18.1. The Bertz CT molecular complexity index is 670. The van der Waals surface area contributed by atoms with Gasteiger partial charge >= 0.3 is 5.97 Å². The normalized spacial score (nSPS) is 15.1. The van der Waals surface area contributed by atoms with Crippen LogP contribution in [0.4, 0.5) is 0 Å². The average Bonchev–Trinajstić information content (AvgIpc) is 2.74. The first-order chi connectivity index (χ1) is 11.1. The van der Waals surface area contributed by atoms with Crippen molar-refractivity contribution < 1.29 is 23.9 Å².